The van der Waals surface area contributed by atoms with Crippen LogP contribution in [0.3, 0.4) is 0 Å². The lowest BCUT2D eigenvalue weighted by atomic mass is 9.90. The maximum Gasteiger partial charge on any atom is 0.338 e. The molecule has 1 aliphatic rings. The molecule has 0 N–H and O–H groups in total. The standard InChI is InChI=1S/C19H17FO3/c20-17-9-7-14(8-10-17)19(22)23-12-18(21)16-6-5-13-3-1-2-4-15(13)11-16/h5-11H,1-4,12H2. The van der Waals surface area contributed by atoms with E-state index in [-0.39, 0.29) is 18.0 Å². The van der Waals surface area contributed by atoms with Gasteiger partial charge in [-0.1, -0.05) is 12.1 Å². The molecule has 0 atom stereocenters. The first-order valence-electron chi connectivity index (χ1n) is 7.71. The number of esters is 1. The zero-order valence-electron chi connectivity index (χ0n) is 12.7. The summed E-state index contributed by atoms with van der Waals surface area (Å²) in [6.07, 6.45) is 4.38. The number of Topliss-reactive ketones (excluding diaryl/α,β-unsaturated/α-hetero) is 1. The van der Waals surface area contributed by atoms with Gasteiger partial charge in [0.05, 0.1) is 5.56 Å². The molecule has 0 fully saturated rings. The minimum absolute atomic E-state index is 0.227. The summed E-state index contributed by atoms with van der Waals surface area (Å²) in [5, 5.41) is 0. The van der Waals surface area contributed by atoms with Crippen LogP contribution in [0.25, 0.3) is 0 Å². The molecule has 3 nitrogen and oxygen atoms in total. The molecule has 0 spiro atoms. The van der Waals surface area contributed by atoms with Gasteiger partial charge in [-0.05, 0) is 67.1 Å². The lowest BCUT2D eigenvalue weighted by Crippen LogP contribution is -2.15. The van der Waals surface area contributed by atoms with Crippen LogP contribution in [0.1, 0.15) is 44.7 Å². The molecule has 1 aliphatic carbocycles. The third-order valence-electron chi connectivity index (χ3n) is 4.08. The van der Waals surface area contributed by atoms with Gasteiger partial charge in [0, 0.05) is 5.56 Å². The number of ketones is 1. The molecule has 0 amide bonds. The Morgan fingerprint density at radius 2 is 1.57 bits per heavy atom. The number of ether oxygens (including phenoxy) is 1. The van der Waals surface area contributed by atoms with E-state index < -0.39 is 11.8 Å². The van der Waals surface area contributed by atoms with Crippen LogP contribution in [-0.4, -0.2) is 18.4 Å². The SMILES string of the molecule is O=C(COC(=O)c1ccc(F)cc1)c1ccc2c(c1)CCCC2. The molecule has 0 radical (unpaired) electrons. The third kappa shape index (κ3) is 3.65. The van der Waals surface area contributed by atoms with Gasteiger partial charge >= 0.3 is 5.97 Å². The topological polar surface area (TPSA) is 43.4 Å². The largest absolute Gasteiger partial charge is 0.454 e. The second-order valence-electron chi connectivity index (χ2n) is 5.70. The Balaban J connectivity index is 1.63. The summed E-state index contributed by atoms with van der Waals surface area (Å²) >= 11 is 0. The Bertz CT molecular complexity index is 735. The second-order valence-corrected chi connectivity index (χ2v) is 5.70. The molecular formula is C19H17FO3. The van der Waals surface area contributed by atoms with E-state index in [0.29, 0.717) is 5.56 Å². The van der Waals surface area contributed by atoms with Gasteiger partial charge in [0.2, 0.25) is 0 Å². The van der Waals surface area contributed by atoms with Crippen molar-refractivity contribution < 1.29 is 18.7 Å². The van der Waals surface area contributed by atoms with Crippen molar-refractivity contribution >= 4 is 11.8 Å². The van der Waals surface area contributed by atoms with Crippen molar-refractivity contribution in [2.45, 2.75) is 25.7 Å². The molecule has 3 rings (SSSR count). The highest BCUT2D eigenvalue weighted by molar-refractivity contribution is 5.99. The Morgan fingerprint density at radius 1 is 0.913 bits per heavy atom. The lowest BCUT2D eigenvalue weighted by Gasteiger charge is -2.16. The van der Waals surface area contributed by atoms with Crippen LogP contribution in [0.5, 0.6) is 0 Å². The van der Waals surface area contributed by atoms with E-state index >= 15 is 0 Å². The van der Waals surface area contributed by atoms with Crippen LogP contribution >= 0.6 is 0 Å². The van der Waals surface area contributed by atoms with E-state index in [2.05, 4.69) is 0 Å². The zero-order chi connectivity index (χ0) is 16.2. The van der Waals surface area contributed by atoms with Gasteiger partial charge in [0.1, 0.15) is 5.82 Å². The zero-order valence-corrected chi connectivity index (χ0v) is 12.7. The quantitative estimate of drug-likeness (QED) is 0.638. The summed E-state index contributed by atoms with van der Waals surface area (Å²) < 4.78 is 17.8. The molecule has 0 heterocycles. The Hall–Kier alpha value is -2.49. The normalized spacial score (nSPS) is 13.3. The number of carbonyl (C=O) groups is 2. The number of fused-ring (bicyclic) bond motifs is 1. The molecule has 4 heteroatoms. The smallest absolute Gasteiger partial charge is 0.338 e. The molecular weight excluding hydrogens is 295 g/mol. The van der Waals surface area contributed by atoms with Crippen LogP contribution in [0.15, 0.2) is 42.5 Å². The molecule has 2 aromatic carbocycles. The third-order valence-corrected chi connectivity index (χ3v) is 4.08. The first-order chi connectivity index (χ1) is 11.1. The maximum absolute atomic E-state index is 12.8. The van der Waals surface area contributed by atoms with Crippen molar-refractivity contribution in [3.05, 3.63) is 70.5 Å². The molecule has 23 heavy (non-hydrogen) atoms. The molecule has 118 valence electrons. The molecule has 0 aromatic heterocycles. The number of rotatable bonds is 4. The van der Waals surface area contributed by atoms with Gasteiger partial charge in [0.25, 0.3) is 0 Å². The summed E-state index contributed by atoms with van der Waals surface area (Å²) in [4.78, 5) is 24.0. The van der Waals surface area contributed by atoms with Crippen molar-refractivity contribution in [1.29, 1.82) is 0 Å². The summed E-state index contributed by atoms with van der Waals surface area (Å²) in [5.41, 5.74) is 3.31. The number of halogens is 1. The highest BCUT2D eigenvalue weighted by Crippen LogP contribution is 2.22. The summed E-state index contributed by atoms with van der Waals surface area (Å²) in [6, 6.07) is 10.7. The first-order valence-corrected chi connectivity index (χ1v) is 7.71. The van der Waals surface area contributed by atoms with Gasteiger partial charge < -0.3 is 4.74 Å². The fourth-order valence-electron chi connectivity index (χ4n) is 2.79. The van der Waals surface area contributed by atoms with Gasteiger partial charge in [0.15, 0.2) is 12.4 Å². The summed E-state index contributed by atoms with van der Waals surface area (Å²) in [7, 11) is 0. The van der Waals surface area contributed by atoms with Gasteiger partial charge in [-0.2, -0.15) is 0 Å². The molecule has 2 aromatic rings. The molecule has 0 saturated heterocycles. The lowest BCUT2D eigenvalue weighted by molar-refractivity contribution is 0.0474. The Morgan fingerprint density at radius 3 is 2.30 bits per heavy atom. The Kier molecular flexibility index (Phi) is 4.51. The van der Waals surface area contributed by atoms with Crippen LogP contribution < -0.4 is 0 Å². The van der Waals surface area contributed by atoms with Crippen LogP contribution in [0.2, 0.25) is 0 Å². The van der Waals surface area contributed by atoms with Crippen molar-refractivity contribution in [2.24, 2.45) is 0 Å². The van der Waals surface area contributed by atoms with Crippen molar-refractivity contribution in [2.75, 3.05) is 6.61 Å². The monoisotopic (exact) mass is 312 g/mol. The van der Waals surface area contributed by atoms with E-state index in [1.807, 2.05) is 12.1 Å². The fourth-order valence-corrected chi connectivity index (χ4v) is 2.79. The van der Waals surface area contributed by atoms with Gasteiger partial charge in [-0.25, -0.2) is 9.18 Å². The molecule has 0 aliphatic heterocycles. The van der Waals surface area contributed by atoms with Crippen LogP contribution in [-0.2, 0) is 17.6 Å². The molecule has 0 unspecified atom stereocenters. The van der Waals surface area contributed by atoms with E-state index in [4.69, 9.17) is 4.74 Å². The highest BCUT2D eigenvalue weighted by atomic mass is 19.1. The predicted octanol–water partition coefficient (Wildman–Crippen LogP) is 3.74. The number of hydrogen-bond acceptors (Lipinski definition) is 3. The number of aryl methyl sites for hydroxylation is 2. The average Bonchev–Trinajstić information content (AvgIpc) is 2.59. The fraction of sp³-hybridized carbons (Fsp3) is 0.263. The van der Waals surface area contributed by atoms with Gasteiger partial charge in [-0.3, -0.25) is 4.79 Å². The second kappa shape index (κ2) is 6.73. The van der Waals surface area contributed by atoms with E-state index in [1.165, 1.54) is 41.8 Å². The van der Waals surface area contributed by atoms with Crippen molar-refractivity contribution in [3.63, 3.8) is 0 Å². The van der Waals surface area contributed by atoms with Crippen molar-refractivity contribution in [1.82, 2.24) is 0 Å². The minimum atomic E-state index is -0.628. The summed E-state index contributed by atoms with van der Waals surface area (Å²) in [5.74, 6) is -1.28. The Labute approximate surface area is 134 Å². The van der Waals surface area contributed by atoms with E-state index in [9.17, 15) is 14.0 Å². The average molecular weight is 312 g/mol. The molecule has 0 saturated carbocycles. The number of carbonyl (C=O) groups excluding carboxylic acids is 2. The van der Waals surface area contributed by atoms with Gasteiger partial charge in [-0.15, -0.1) is 0 Å². The van der Waals surface area contributed by atoms with E-state index in [1.54, 1.807) is 6.07 Å². The number of hydrogen-bond donors (Lipinski definition) is 0. The molecule has 0 bridgehead atoms. The summed E-state index contributed by atoms with van der Waals surface area (Å²) in [6.45, 7) is -0.311. The highest BCUT2D eigenvalue weighted by Gasteiger charge is 2.15. The first kappa shape index (κ1) is 15.4. The van der Waals surface area contributed by atoms with Crippen molar-refractivity contribution in [3.8, 4) is 0 Å². The van der Waals surface area contributed by atoms with Crippen LogP contribution in [0, 0.1) is 5.82 Å². The van der Waals surface area contributed by atoms with Crippen LogP contribution in [0.4, 0.5) is 4.39 Å². The predicted molar refractivity (Wildman–Crippen MR) is 84.1 cm³/mol. The number of benzene rings is 2. The maximum atomic E-state index is 12.8. The minimum Gasteiger partial charge on any atom is -0.454 e. The van der Waals surface area contributed by atoms with E-state index in [0.717, 1.165) is 19.3 Å².